The average Bonchev–Trinajstić information content (AvgIpc) is 2.77. The van der Waals surface area contributed by atoms with Crippen LogP contribution in [0.2, 0.25) is 0 Å². The Morgan fingerprint density at radius 3 is 3.00 bits per heavy atom. The zero-order valence-electron chi connectivity index (χ0n) is 8.98. The van der Waals surface area contributed by atoms with Crippen molar-refractivity contribution in [2.24, 2.45) is 5.73 Å². The molecule has 0 aliphatic carbocycles. The van der Waals surface area contributed by atoms with Crippen molar-refractivity contribution in [1.82, 2.24) is 4.98 Å². The van der Waals surface area contributed by atoms with Crippen molar-refractivity contribution in [1.29, 1.82) is 0 Å². The van der Waals surface area contributed by atoms with Crippen LogP contribution in [0.4, 0.5) is 4.39 Å². The normalized spacial score (nSPS) is 12.7. The number of nitrogens with zero attached hydrogens (tertiary/aromatic N) is 1. The van der Waals surface area contributed by atoms with Gasteiger partial charge < -0.3 is 10.2 Å². The van der Waals surface area contributed by atoms with E-state index in [2.05, 4.69) is 4.98 Å². The fraction of sp³-hybridized carbons (Fsp3) is 0.250. The highest BCUT2D eigenvalue weighted by atomic mass is 19.1. The molecule has 1 unspecified atom stereocenters. The van der Waals surface area contributed by atoms with Gasteiger partial charge in [-0.25, -0.2) is 9.37 Å². The van der Waals surface area contributed by atoms with Crippen LogP contribution in [0.5, 0.6) is 0 Å². The fourth-order valence-corrected chi connectivity index (χ4v) is 1.39. The van der Waals surface area contributed by atoms with Gasteiger partial charge in [0.1, 0.15) is 11.6 Å². The molecule has 0 amide bonds. The summed E-state index contributed by atoms with van der Waals surface area (Å²) in [4.78, 5) is 4.11. The number of halogens is 1. The third-order valence-corrected chi connectivity index (χ3v) is 2.43. The summed E-state index contributed by atoms with van der Waals surface area (Å²) in [5, 5.41) is 0. The number of nitrogens with two attached hydrogens (primary N) is 1. The van der Waals surface area contributed by atoms with Crippen molar-refractivity contribution in [2.45, 2.75) is 12.8 Å². The summed E-state index contributed by atoms with van der Waals surface area (Å²) in [6.07, 6.45) is 1.64. The third-order valence-electron chi connectivity index (χ3n) is 2.43. The molecule has 2 N–H and O–H groups in total. The van der Waals surface area contributed by atoms with Gasteiger partial charge >= 0.3 is 0 Å². The summed E-state index contributed by atoms with van der Waals surface area (Å²) in [5.41, 5.74) is 6.16. The molecule has 0 bridgehead atoms. The molecule has 2 rings (SSSR count). The minimum atomic E-state index is -0.302. The fourth-order valence-electron chi connectivity index (χ4n) is 1.39. The zero-order chi connectivity index (χ0) is 11.5. The molecule has 16 heavy (non-hydrogen) atoms. The van der Waals surface area contributed by atoms with Crippen molar-refractivity contribution >= 4 is 0 Å². The molecule has 84 valence electrons. The predicted molar refractivity (Wildman–Crippen MR) is 59.4 cm³/mol. The summed E-state index contributed by atoms with van der Waals surface area (Å²) in [6.45, 7) is 2.45. The van der Waals surface area contributed by atoms with Crippen molar-refractivity contribution in [3.05, 3.63) is 42.0 Å². The summed E-state index contributed by atoms with van der Waals surface area (Å²) < 4.78 is 18.5. The second kappa shape index (κ2) is 4.45. The molecule has 1 atom stereocenters. The molecule has 1 heterocycles. The first kappa shape index (κ1) is 10.8. The Morgan fingerprint density at radius 2 is 2.31 bits per heavy atom. The molecular weight excluding hydrogens is 207 g/mol. The number of hydrogen-bond acceptors (Lipinski definition) is 3. The Balaban J connectivity index is 2.31. The summed E-state index contributed by atoms with van der Waals surface area (Å²) in [6, 6.07) is 6.16. The van der Waals surface area contributed by atoms with Crippen LogP contribution in [-0.2, 0) is 0 Å². The molecule has 1 aromatic carbocycles. The van der Waals surface area contributed by atoms with Gasteiger partial charge in [-0.05, 0) is 18.2 Å². The first-order valence-electron chi connectivity index (χ1n) is 5.12. The summed E-state index contributed by atoms with van der Waals surface area (Å²) in [5.74, 6) is 0.968. The molecule has 0 radical (unpaired) electrons. The van der Waals surface area contributed by atoms with E-state index in [1.165, 1.54) is 12.1 Å². The standard InChI is InChI=1S/C12H13FN2O/c1-8(6-14)11-7-15-12(16-11)9-3-2-4-10(13)5-9/h2-5,7-8H,6,14H2,1H3. The van der Waals surface area contributed by atoms with Crippen molar-refractivity contribution in [2.75, 3.05) is 6.54 Å². The third kappa shape index (κ3) is 2.12. The Kier molecular flexibility index (Phi) is 3.01. The lowest BCUT2D eigenvalue weighted by molar-refractivity contribution is 0.485. The monoisotopic (exact) mass is 220 g/mol. The van der Waals surface area contributed by atoms with Gasteiger partial charge in [0.25, 0.3) is 0 Å². The van der Waals surface area contributed by atoms with E-state index in [4.69, 9.17) is 10.2 Å². The Labute approximate surface area is 93.1 Å². The van der Waals surface area contributed by atoms with E-state index >= 15 is 0 Å². The van der Waals surface area contributed by atoms with Crippen LogP contribution in [0.1, 0.15) is 18.6 Å². The zero-order valence-corrected chi connectivity index (χ0v) is 8.98. The maximum Gasteiger partial charge on any atom is 0.226 e. The lowest BCUT2D eigenvalue weighted by atomic mass is 10.1. The van der Waals surface area contributed by atoms with Gasteiger partial charge in [0, 0.05) is 18.0 Å². The molecule has 0 saturated carbocycles. The molecule has 0 saturated heterocycles. The van der Waals surface area contributed by atoms with Crippen LogP contribution in [0.25, 0.3) is 11.5 Å². The minimum absolute atomic E-state index is 0.120. The highest BCUT2D eigenvalue weighted by Gasteiger charge is 2.11. The summed E-state index contributed by atoms with van der Waals surface area (Å²) in [7, 11) is 0. The number of hydrogen-bond donors (Lipinski definition) is 1. The topological polar surface area (TPSA) is 52.0 Å². The largest absolute Gasteiger partial charge is 0.441 e. The van der Waals surface area contributed by atoms with Gasteiger partial charge in [-0.2, -0.15) is 0 Å². The van der Waals surface area contributed by atoms with Gasteiger partial charge in [-0.15, -0.1) is 0 Å². The SMILES string of the molecule is CC(CN)c1cnc(-c2cccc(F)c2)o1. The van der Waals surface area contributed by atoms with Crippen LogP contribution < -0.4 is 5.73 Å². The van der Waals surface area contributed by atoms with Crippen LogP contribution in [0, 0.1) is 5.82 Å². The van der Waals surface area contributed by atoms with Crippen molar-refractivity contribution in [3.8, 4) is 11.5 Å². The van der Waals surface area contributed by atoms with E-state index in [1.807, 2.05) is 6.92 Å². The van der Waals surface area contributed by atoms with Crippen LogP contribution >= 0.6 is 0 Å². The van der Waals surface area contributed by atoms with Crippen LogP contribution in [0.3, 0.4) is 0 Å². The molecule has 4 heteroatoms. The molecule has 2 aromatic rings. The molecule has 0 aliphatic rings. The Morgan fingerprint density at radius 1 is 1.50 bits per heavy atom. The number of oxazole rings is 1. The molecule has 3 nitrogen and oxygen atoms in total. The number of benzene rings is 1. The minimum Gasteiger partial charge on any atom is -0.441 e. The van der Waals surface area contributed by atoms with Crippen LogP contribution in [-0.4, -0.2) is 11.5 Å². The van der Waals surface area contributed by atoms with E-state index in [0.29, 0.717) is 18.0 Å². The smallest absolute Gasteiger partial charge is 0.226 e. The quantitative estimate of drug-likeness (QED) is 0.864. The average molecular weight is 220 g/mol. The molecular formula is C12H13FN2O. The molecule has 0 spiro atoms. The lowest BCUT2D eigenvalue weighted by Gasteiger charge is -2.02. The van der Waals surface area contributed by atoms with Crippen molar-refractivity contribution < 1.29 is 8.81 Å². The van der Waals surface area contributed by atoms with Crippen LogP contribution in [0.15, 0.2) is 34.9 Å². The first-order valence-corrected chi connectivity index (χ1v) is 5.12. The molecule has 0 fully saturated rings. The summed E-state index contributed by atoms with van der Waals surface area (Å²) >= 11 is 0. The van der Waals surface area contributed by atoms with E-state index in [1.54, 1.807) is 18.3 Å². The van der Waals surface area contributed by atoms with E-state index < -0.39 is 0 Å². The van der Waals surface area contributed by atoms with E-state index in [0.717, 1.165) is 5.76 Å². The van der Waals surface area contributed by atoms with E-state index in [-0.39, 0.29) is 11.7 Å². The predicted octanol–water partition coefficient (Wildman–Crippen LogP) is 2.54. The first-order chi connectivity index (χ1) is 7.70. The Bertz CT molecular complexity index is 481. The maximum atomic E-state index is 13.0. The number of aromatic nitrogens is 1. The highest BCUT2D eigenvalue weighted by Crippen LogP contribution is 2.23. The maximum absolute atomic E-state index is 13.0. The van der Waals surface area contributed by atoms with Crippen molar-refractivity contribution in [3.63, 3.8) is 0 Å². The van der Waals surface area contributed by atoms with Gasteiger partial charge in [-0.3, -0.25) is 0 Å². The number of rotatable bonds is 3. The second-order valence-corrected chi connectivity index (χ2v) is 3.71. The second-order valence-electron chi connectivity index (χ2n) is 3.71. The Hall–Kier alpha value is -1.68. The van der Waals surface area contributed by atoms with Gasteiger partial charge in [0.2, 0.25) is 5.89 Å². The van der Waals surface area contributed by atoms with Gasteiger partial charge in [-0.1, -0.05) is 13.0 Å². The van der Waals surface area contributed by atoms with E-state index in [9.17, 15) is 4.39 Å². The molecule has 0 aliphatic heterocycles. The lowest BCUT2D eigenvalue weighted by Crippen LogP contribution is -2.07. The molecule has 1 aromatic heterocycles. The highest BCUT2D eigenvalue weighted by molar-refractivity contribution is 5.52. The van der Waals surface area contributed by atoms with Gasteiger partial charge in [0.05, 0.1) is 6.20 Å². The van der Waals surface area contributed by atoms with Gasteiger partial charge in [0.15, 0.2) is 0 Å².